The molecule has 492 valence electrons. The first-order chi connectivity index (χ1) is 41.9. The highest BCUT2D eigenvalue weighted by Crippen LogP contribution is 2.38. The van der Waals surface area contributed by atoms with E-state index in [1.165, 1.54) is 109 Å². The smallest absolute Gasteiger partial charge is 0.306 e. The number of hydrogen-bond acceptors (Lipinski definition) is 7. The minimum absolute atomic E-state index is 0.0358. The zero-order chi connectivity index (χ0) is 62.8. The number of phosphoric acid groups is 1. The molecule has 0 aromatic rings. The molecule has 10 heteroatoms. The number of amides is 1. The molecule has 3 unspecified atom stereocenters. The summed E-state index contributed by atoms with van der Waals surface area (Å²) in [4.78, 5) is 40.2. The summed E-state index contributed by atoms with van der Waals surface area (Å²) in [6, 6.07) is -0.916. The summed E-state index contributed by atoms with van der Waals surface area (Å²) < 4.78 is 30.4. The highest BCUT2D eigenvalue weighted by atomic mass is 31.2. The van der Waals surface area contributed by atoms with Crippen LogP contribution in [0.1, 0.15) is 284 Å². The molecule has 0 bridgehead atoms. The third kappa shape index (κ3) is 64.6. The predicted octanol–water partition coefficient (Wildman–Crippen LogP) is 21.8. The van der Waals surface area contributed by atoms with E-state index in [4.69, 9.17) is 13.8 Å². The number of unbranched alkanes of at least 4 members (excludes halogenated alkanes) is 26. The SMILES string of the molecule is CC/C=C\C/C=C\C/C=C\C/C=C\C/C=C\C/C=C\CCCCCCC(=O)NC(COP(=O)([O-])OCC[N+](C)(C)C)C(/C=C/CCCCCCCCCCCC)OC(=O)CCCCCCCCCCC/C=C\C/C=C\C/C=C\C/C=C\CCCCC. The number of quaternary nitrogens is 1. The largest absolute Gasteiger partial charge is 0.756 e. The Hall–Kier alpha value is -3.85. The Morgan fingerprint density at radius 2 is 0.744 bits per heavy atom. The van der Waals surface area contributed by atoms with Crippen LogP contribution in [0.5, 0.6) is 0 Å². The minimum Gasteiger partial charge on any atom is -0.756 e. The molecule has 0 radical (unpaired) electrons. The van der Waals surface area contributed by atoms with Gasteiger partial charge in [-0.25, -0.2) is 0 Å². The molecular weight excluding hydrogens is 1080 g/mol. The lowest BCUT2D eigenvalue weighted by atomic mass is 10.0. The summed E-state index contributed by atoms with van der Waals surface area (Å²) in [7, 11) is 1.15. The Balaban J connectivity index is 5.18. The van der Waals surface area contributed by atoms with Crippen LogP contribution in [0.3, 0.4) is 0 Å². The molecule has 0 aliphatic rings. The quantitative estimate of drug-likeness (QED) is 0.0212. The molecule has 0 heterocycles. The van der Waals surface area contributed by atoms with Gasteiger partial charge in [0, 0.05) is 12.8 Å². The minimum atomic E-state index is -4.72. The van der Waals surface area contributed by atoms with Crippen LogP contribution >= 0.6 is 7.82 Å². The second-order valence-electron chi connectivity index (χ2n) is 24.3. The van der Waals surface area contributed by atoms with Crippen LogP contribution in [-0.2, 0) is 27.9 Å². The number of carbonyl (C=O) groups excluding carboxylic acids is 2. The van der Waals surface area contributed by atoms with Crippen molar-refractivity contribution in [3.05, 3.63) is 134 Å². The molecular formula is C76H131N2O7P. The molecule has 0 rings (SSSR count). The molecule has 0 aromatic heterocycles. The molecule has 9 nitrogen and oxygen atoms in total. The van der Waals surface area contributed by atoms with E-state index in [1.54, 1.807) is 0 Å². The number of hydrogen-bond donors (Lipinski definition) is 1. The van der Waals surface area contributed by atoms with Gasteiger partial charge in [-0.1, -0.05) is 277 Å². The molecule has 0 saturated heterocycles. The van der Waals surface area contributed by atoms with Crippen molar-refractivity contribution in [3.63, 3.8) is 0 Å². The lowest BCUT2D eigenvalue weighted by Gasteiger charge is -2.30. The van der Waals surface area contributed by atoms with Gasteiger partial charge >= 0.3 is 5.97 Å². The summed E-state index contributed by atoms with van der Waals surface area (Å²) in [5.41, 5.74) is 0. The van der Waals surface area contributed by atoms with Crippen LogP contribution < -0.4 is 10.2 Å². The lowest BCUT2D eigenvalue weighted by Crippen LogP contribution is -2.47. The van der Waals surface area contributed by atoms with Crippen LogP contribution in [-0.4, -0.2) is 69.4 Å². The first-order valence-corrected chi connectivity index (χ1v) is 36.5. The van der Waals surface area contributed by atoms with Crippen LogP contribution in [0, 0.1) is 0 Å². The van der Waals surface area contributed by atoms with E-state index in [2.05, 4.69) is 148 Å². The highest BCUT2D eigenvalue weighted by Gasteiger charge is 2.27. The Kier molecular flexibility index (Phi) is 61.3. The van der Waals surface area contributed by atoms with Gasteiger partial charge in [-0.3, -0.25) is 14.2 Å². The van der Waals surface area contributed by atoms with Gasteiger partial charge in [0.2, 0.25) is 5.91 Å². The molecule has 0 saturated carbocycles. The number of ether oxygens (including phenoxy) is 1. The zero-order valence-corrected chi connectivity index (χ0v) is 57.1. The maximum absolute atomic E-state index is 13.6. The molecule has 0 spiro atoms. The van der Waals surface area contributed by atoms with Crippen LogP contribution in [0.15, 0.2) is 134 Å². The lowest BCUT2D eigenvalue weighted by molar-refractivity contribution is -0.870. The standard InChI is InChI=1S/C76H131N2O7P/c1-7-10-13-16-19-22-25-28-30-32-34-36-38-39-41-43-45-47-49-51-54-57-60-63-66-69-76(80)85-74(67-64-61-58-55-52-27-24-21-18-15-12-9-3)73(72-84-86(81,82)83-71-70-78(4,5)6)77-75(79)68-65-62-59-56-53-50-48-46-44-42-40-37-35-33-31-29-26-23-20-17-14-11-8-2/h11,14,19-20,22-23,28-31,34-37,39,41-42,44,48,50,64,67,73-74H,7-10,12-13,15-18,21,24-27,32-33,38,40,43,45-47,49,51-63,65-66,68-72H2,1-6H3,(H-,77,79,81,82)/b14-11-,22-19-,23-20-,30-28-,31-29-,36-34-,37-35-,41-39-,44-42-,50-48-,67-64+. The van der Waals surface area contributed by atoms with Crippen LogP contribution in [0.4, 0.5) is 0 Å². The fourth-order valence-electron chi connectivity index (χ4n) is 9.45. The van der Waals surface area contributed by atoms with Crippen molar-refractivity contribution in [2.75, 3.05) is 40.9 Å². The van der Waals surface area contributed by atoms with Gasteiger partial charge in [-0.05, 0) is 128 Å². The second-order valence-corrected chi connectivity index (χ2v) is 25.7. The number of likely N-dealkylation sites (N-methyl/N-ethyl adjacent to an activating group) is 1. The second kappa shape index (κ2) is 64.1. The molecule has 1 amide bonds. The first kappa shape index (κ1) is 82.1. The topological polar surface area (TPSA) is 114 Å². The van der Waals surface area contributed by atoms with E-state index in [9.17, 15) is 19.0 Å². The fraction of sp³-hybridized carbons (Fsp3) is 0.684. The van der Waals surface area contributed by atoms with Crippen molar-refractivity contribution in [2.45, 2.75) is 296 Å². The Bertz CT molecular complexity index is 1930. The van der Waals surface area contributed by atoms with Crippen molar-refractivity contribution < 1.29 is 37.3 Å². The Labute approximate surface area is 530 Å². The van der Waals surface area contributed by atoms with E-state index in [0.29, 0.717) is 23.9 Å². The molecule has 0 fully saturated rings. The summed E-state index contributed by atoms with van der Waals surface area (Å²) >= 11 is 0. The summed E-state index contributed by atoms with van der Waals surface area (Å²) in [5, 5.41) is 3.02. The van der Waals surface area contributed by atoms with E-state index in [0.717, 1.165) is 128 Å². The summed E-state index contributed by atoms with van der Waals surface area (Å²) in [5.74, 6) is -0.582. The molecule has 0 aliphatic carbocycles. The average molecular weight is 1220 g/mol. The van der Waals surface area contributed by atoms with E-state index >= 15 is 0 Å². The number of allylic oxidation sites excluding steroid dienone is 21. The summed E-state index contributed by atoms with van der Waals surface area (Å²) in [6.07, 6.45) is 91.4. The first-order valence-electron chi connectivity index (χ1n) is 35.0. The zero-order valence-electron chi connectivity index (χ0n) is 56.2. The molecule has 0 aliphatic heterocycles. The Morgan fingerprint density at radius 1 is 0.419 bits per heavy atom. The highest BCUT2D eigenvalue weighted by molar-refractivity contribution is 7.45. The fourth-order valence-corrected chi connectivity index (χ4v) is 10.2. The third-order valence-corrected chi connectivity index (χ3v) is 15.8. The average Bonchev–Trinajstić information content (AvgIpc) is 3.66. The van der Waals surface area contributed by atoms with Gasteiger partial charge < -0.3 is 28.5 Å². The molecule has 86 heavy (non-hydrogen) atoms. The van der Waals surface area contributed by atoms with E-state index in [-0.39, 0.29) is 31.3 Å². The normalized spacial score (nSPS) is 14.4. The van der Waals surface area contributed by atoms with Crippen molar-refractivity contribution in [1.82, 2.24) is 5.32 Å². The van der Waals surface area contributed by atoms with E-state index < -0.39 is 26.6 Å². The maximum Gasteiger partial charge on any atom is 0.306 e. The van der Waals surface area contributed by atoms with Gasteiger partial charge in [0.05, 0.1) is 33.8 Å². The van der Waals surface area contributed by atoms with Crippen molar-refractivity contribution in [1.29, 1.82) is 0 Å². The maximum atomic E-state index is 13.6. The number of nitrogens with one attached hydrogen (secondary N) is 1. The number of carbonyl (C=O) groups is 2. The van der Waals surface area contributed by atoms with Crippen LogP contribution in [0.2, 0.25) is 0 Å². The van der Waals surface area contributed by atoms with Crippen LogP contribution in [0.25, 0.3) is 0 Å². The molecule has 0 aromatic carbocycles. The number of rotatable bonds is 62. The van der Waals surface area contributed by atoms with Crippen molar-refractivity contribution in [3.8, 4) is 0 Å². The Morgan fingerprint density at radius 3 is 1.14 bits per heavy atom. The monoisotopic (exact) mass is 1210 g/mol. The number of esters is 1. The van der Waals surface area contributed by atoms with Gasteiger partial charge in [0.1, 0.15) is 19.3 Å². The van der Waals surface area contributed by atoms with Gasteiger partial charge in [-0.2, -0.15) is 0 Å². The molecule has 1 N–H and O–H groups in total. The van der Waals surface area contributed by atoms with Gasteiger partial charge in [0.25, 0.3) is 7.82 Å². The summed E-state index contributed by atoms with van der Waals surface area (Å²) in [6.45, 7) is 6.67. The van der Waals surface area contributed by atoms with Crippen molar-refractivity contribution in [2.24, 2.45) is 0 Å². The predicted molar refractivity (Wildman–Crippen MR) is 371 cm³/mol. The third-order valence-electron chi connectivity index (χ3n) is 14.8. The molecule has 3 atom stereocenters. The number of nitrogens with zero attached hydrogens (tertiary/aromatic N) is 1. The van der Waals surface area contributed by atoms with Crippen molar-refractivity contribution >= 4 is 19.7 Å². The van der Waals surface area contributed by atoms with Gasteiger partial charge in [-0.15, -0.1) is 0 Å². The number of phosphoric ester groups is 1. The van der Waals surface area contributed by atoms with E-state index in [1.807, 2.05) is 33.3 Å². The van der Waals surface area contributed by atoms with Gasteiger partial charge in [0.15, 0.2) is 0 Å².